The van der Waals surface area contributed by atoms with Gasteiger partial charge in [-0.25, -0.2) is 0 Å². The molecule has 0 spiro atoms. The number of hydrazone groups is 1. The molecule has 136 valence electrons. The number of ether oxygens (including phenoxy) is 2. The van der Waals surface area contributed by atoms with Crippen LogP contribution >= 0.6 is 12.2 Å². The largest absolute Gasteiger partial charge is 0.464 e. The summed E-state index contributed by atoms with van der Waals surface area (Å²) in [6.07, 6.45) is 1.59. The lowest BCUT2D eigenvalue weighted by Crippen LogP contribution is -2.31. The maximum Gasteiger partial charge on any atom is 0.302 e. The van der Waals surface area contributed by atoms with Gasteiger partial charge in [0.1, 0.15) is 13.2 Å². The van der Waals surface area contributed by atoms with Gasteiger partial charge in [0.15, 0.2) is 5.11 Å². The predicted molar refractivity (Wildman–Crippen MR) is 99.4 cm³/mol. The number of thiocarbonyl (C=S) groups is 1. The number of hydrogen-bond acceptors (Lipinski definition) is 7. The van der Waals surface area contributed by atoms with E-state index < -0.39 is 0 Å². The molecular weight excluding hydrogens is 344 g/mol. The second kappa shape index (κ2) is 11.0. The Labute approximate surface area is 152 Å². The van der Waals surface area contributed by atoms with Crippen molar-refractivity contribution in [1.29, 1.82) is 0 Å². The molecule has 0 bridgehead atoms. The Bertz CT molecular complexity index is 599. The molecule has 3 N–H and O–H groups in total. The van der Waals surface area contributed by atoms with Gasteiger partial charge in [0.25, 0.3) is 0 Å². The van der Waals surface area contributed by atoms with Gasteiger partial charge in [0.2, 0.25) is 0 Å². The lowest BCUT2D eigenvalue weighted by atomic mass is 10.2. The van der Waals surface area contributed by atoms with Crippen LogP contribution in [-0.2, 0) is 19.1 Å². The number of nitrogens with two attached hydrogens (primary N) is 1. The van der Waals surface area contributed by atoms with Crippen LogP contribution in [-0.4, -0.2) is 49.6 Å². The number of carbonyl (C=O) groups is 2. The molecule has 1 aromatic rings. The van der Waals surface area contributed by atoms with Crippen LogP contribution in [0.5, 0.6) is 0 Å². The molecule has 0 aliphatic carbocycles. The van der Waals surface area contributed by atoms with E-state index in [1.165, 1.54) is 13.8 Å². The summed E-state index contributed by atoms with van der Waals surface area (Å²) in [6.45, 7) is 4.18. The molecule has 25 heavy (non-hydrogen) atoms. The van der Waals surface area contributed by atoms with E-state index >= 15 is 0 Å². The van der Waals surface area contributed by atoms with Gasteiger partial charge < -0.3 is 20.1 Å². The number of hydrogen-bond donors (Lipinski definition) is 2. The van der Waals surface area contributed by atoms with Crippen LogP contribution in [0.15, 0.2) is 29.4 Å². The van der Waals surface area contributed by atoms with E-state index in [-0.39, 0.29) is 30.3 Å². The van der Waals surface area contributed by atoms with Crippen LogP contribution in [0.2, 0.25) is 0 Å². The van der Waals surface area contributed by atoms with E-state index in [2.05, 4.69) is 22.7 Å². The van der Waals surface area contributed by atoms with Gasteiger partial charge in [-0.3, -0.25) is 15.0 Å². The molecule has 0 aromatic heterocycles. The molecule has 0 fully saturated rings. The fourth-order valence-electron chi connectivity index (χ4n) is 1.91. The van der Waals surface area contributed by atoms with Crippen LogP contribution in [0.3, 0.4) is 0 Å². The van der Waals surface area contributed by atoms with Crippen molar-refractivity contribution in [2.45, 2.75) is 13.8 Å². The Kier molecular flexibility index (Phi) is 8.94. The molecule has 0 saturated carbocycles. The van der Waals surface area contributed by atoms with E-state index in [0.717, 1.165) is 11.3 Å². The number of esters is 2. The van der Waals surface area contributed by atoms with Crippen molar-refractivity contribution < 1.29 is 19.1 Å². The number of carbonyl (C=O) groups excluding carboxylic acids is 2. The van der Waals surface area contributed by atoms with Crippen LogP contribution in [0.25, 0.3) is 0 Å². The summed E-state index contributed by atoms with van der Waals surface area (Å²) in [5, 5.41) is 3.98. The molecule has 0 radical (unpaired) electrons. The molecule has 9 heteroatoms. The number of benzene rings is 1. The quantitative estimate of drug-likeness (QED) is 0.286. The fraction of sp³-hybridized carbons (Fsp3) is 0.375. The van der Waals surface area contributed by atoms with Crippen LogP contribution in [0, 0.1) is 0 Å². The minimum atomic E-state index is -0.336. The molecule has 0 atom stereocenters. The third kappa shape index (κ3) is 9.26. The fourth-order valence-corrected chi connectivity index (χ4v) is 1.96. The zero-order chi connectivity index (χ0) is 18.7. The smallest absolute Gasteiger partial charge is 0.302 e. The lowest BCUT2D eigenvalue weighted by Gasteiger charge is -2.24. The highest BCUT2D eigenvalue weighted by molar-refractivity contribution is 7.80. The van der Waals surface area contributed by atoms with Gasteiger partial charge in [-0.15, -0.1) is 0 Å². The highest BCUT2D eigenvalue weighted by Gasteiger charge is 2.08. The SMILES string of the molecule is CC(=O)OCCN(CCOC(C)=O)c1ccc(C=NNC(N)=S)cc1. The van der Waals surface area contributed by atoms with Gasteiger partial charge >= 0.3 is 11.9 Å². The second-order valence-corrected chi connectivity index (χ2v) is 5.43. The van der Waals surface area contributed by atoms with Gasteiger partial charge in [-0.05, 0) is 29.9 Å². The standard InChI is InChI=1S/C16H22N4O4S/c1-12(21)23-9-7-20(8-10-24-13(2)22)15-5-3-14(4-6-15)11-18-19-16(17)25/h3-6,11H,7-10H2,1-2H3,(H3,17,19,25). The van der Waals surface area contributed by atoms with Crippen molar-refractivity contribution in [3.63, 3.8) is 0 Å². The number of rotatable bonds is 9. The van der Waals surface area contributed by atoms with Crippen LogP contribution in [0.4, 0.5) is 5.69 Å². The van der Waals surface area contributed by atoms with Crippen LogP contribution in [0.1, 0.15) is 19.4 Å². The van der Waals surface area contributed by atoms with Crippen molar-refractivity contribution in [3.05, 3.63) is 29.8 Å². The molecule has 0 heterocycles. The van der Waals surface area contributed by atoms with Crippen molar-refractivity contribution in [2.75, 3.05) is 31.2 Å². The molecule has 0 aliphatic rings. The minimum Gasteiger partial charge on any atom is -0.464 e. The summed E-state index contributed by atoms with van der Waals surface area (Å²) in [5.41, 5.74) is 9.52. The molecule has 8 nitrogen and oxygen atoms in total. The van der Waals surface area contributed by atoms with Crippen molar-refractivity contribution >= 4 is 41.2 Å². The first-order chi connectivity index (χ1) is 11.9. The maximum absolute atomic E-state index is 10.9. The normalized spacial score (nSPS) is 10.3. The van der Waals surface area contributed by atoms with E-state index in [4.69, 9.17) is 15.2 Å². The summed E-state index contributed by atoms with van der Waals surface area (Å²) in [5.74, 6) is -0.673. The monoisotopic (exact) mass is 366 g/mol. The Balaban J connectivity index is 2.70. The third-order valence-corrected chi connectivity index (χ3v) is 3.07. The number of nitrogens with zero attached hydrogens (tertiary/aromatic N) is 2. The summed E-state index contributed by atoms with van der Waals surface area (Å²) in [4.78, 5) is 23.8. The minimum absolute atomic E-state index is 0.0926. The van der Waals surface area contributed by atoms with Crippen molar-refractivity contribution in [1.82, 2.24) is 5.43 Å². The molecule has 0 unspecified atom stereocenters. The van der Waals surface area contributed by atoms with E-state index in [1.807, 2.05) is 29.2 Å². The summed E-state index contributed by atoms with van der Waals surface area (Å²) in [6, 6.07) is 7.52. The Morgan fingerprint density at radius 3 is 2.12 bits per heavy atom. The molecule has 1 rings (SSSR count). The van der Waals surface area contributed by atoms with Crippen molar-refractivity contribution in [3.8, 4) is 0 Å². The van der Waals surface area contributed by atoms with Gasteiger partial charge in [-0.2, -0.15) is 5.10 Å². The summed E-state index contributed by atoms with van der Waals surface area (Å²) < 4.78 is 9.96. The Morgan fingerprint density at radius 2 is 1.68 bits per heavy atom. The summed E-state index contributed by atoms with van der Waals surface area (Å²) >= 11 is 4.66. The van der Waals surface area contributed by atoms with Gasteiger partial charge in [-0.1, -0.05) is 12.1 Å². The van der Waals surface area contributed by atoms with E-state index in [9.17, 15) is 9.59 Å². The highest BCUT2D eigenvalue weighted by atomic mass is 32.1. The first-order valence-corrected chi connectivity index (χ1v) is 7.99. The van der Waals surface area contributed by atoms with Crippen LogP contribution < -0.4 is 16.1 Å². The molecule has 0 saturated heterocycles. The first-order valence-electron chi connectivity index (χ1n) is 7.58. The average Bonchev–Trinajstić information content (AvgIpc) is 2.53. The van der Waals surface area contributed by atoms with Crippen molar-refractivity contribution in [2.24, 2.45) is 10.8 Å². The molecule has 1 aromatic carbocycles. The highest BCUT2D eigenvalue weighted by Crippen LogP contribution is 2.14. The molecular formula is C16H22N4O4S. The topological polar surface area (TPSA) is 106 Å². The molecule has 0 aliphatic heterocycles. The van der Waals surface area contributed by atoms with Gasteiger partial charge in [0, 0.05) is 19.5 Å². The predicted octanol–water partition coefficient (Wildman–Crippen LogP) is 0.786. The molecule has 0 amide bonds. The second-order valence-electron chi connectivity index (χ2n) is 4.99. The van der Waals surface area contributed by atoms with E-state index in [0.29, 0.717) is 13.1 Å². The number of nitrogens with one attached hydrogen (secondary N) is 1. The van der Waals surface area contributed by atoms with E-state index in [1.54, 1.807) is 6.21 Å². The number of anilines is 1. The lowest BCUT2D eigenvalue weighted by molar-refractivity contribution is -0.141. The first kappa shape index (κ1) is 20.4. The van der Waals surface area contributed by atoms with Gasteiger partial charge in [0.05, 0.1) is 19.3 Å². The maximum atomic E-state index is 10.9. The Morgan fingerprint density at radius 1 is 1.16 bits per heavy atom. The summed E-state index contributed by atoms with van der Waals surface area (Å²) in [7, 11) is 0. The third-order valence-electron chi connectivity index (χ3n) is 2.98. The average molecular weight is 366 g/mol. The zero-order valence-electron chi connectivity index (χ0n) is 14.2. The Hall–Kier alpha value is -2.68. The zero-order valence-corrected chi connectivity index (χ0v) is 15.0.